The molecule has 2 unspecified atom stereocenters. The molecule has 8 nitrogen and oxygen atoms in total. The number of rotatable bonds is 41. The van der Waals surface area contributed by atoms with E-state index < -0.39 is 13.9 Å². The molecule has 0 fully saturated rings. The molecule has 0 aromatic rings. The Labute approximate surface area is 337 Å². The molecule has 0 saturated heterocycles. The summed E-state index contributed by atoms with van der Waals surface area (Å²) in [6, 6.07) is 0. The molecule has 2 atom stereocenters. The number of hydrogen-bond acceptors (Lipinski definition) is 7. The maximum absolute atomic E-state index is 12.6. The lowest BCUT2D eigenvalue weighted by Crippen LogP contribution is -2.28. The minimum atomic E-state index is -4.29. The van der Waals surface area contributed by atoms with E-state index in [1.54, 1.807) is 0 Å². The molecule has 0 radical (unpaired) electrons. The van der Waals surface area contributed by atoms with Gasteiger partial charge in [-0.15, -0.1) is 0 Å². The number of hydrogen-bond donors (Lipinski definition) is 2. The number of allylic oxidation sites excluding steroid dienone is 12. The fourth-order valence-electron chi connectivity index (χ4n) is 5.66. The van der Waals surface area contributed by atoms with Crippen molar-refractivity contribution >= 4 is 13.8 Å². The second-order valence-electron chi connectivity index (χ2n) is 14.2. The largest absolute Gasteiger partial charge is 0.472 e. The molecule has 0 aliphatic heterocycles. The van der Waals surface area contributed by atoms with Crippen LogP contribution >= 0.6 is 7.82 Å². The molecular formula is C46H82NO7P. The summed E-state index contributed by atoms with van der Waals surface area (Å²) >= 11 is 0. The predicted molar refractivity (Wildman–Crippen MR) is 233 cm³/mol. The summed E-state index contributed by atoms with van der Waals surface area (Å²) in [4.78, 5) is 22.5. The van der Waals surface area contributed by atoms with Gasteiger partial charge in [-0.25, -0.2) is 4.57 Å². The number of carbonyl (C=O) groups is 1. The van der Waals surface area contributed by atoms with Gasteiger partial charge >= 0.3 is 13.8 Å². The summed E-state index contributed by atoms with van der Waals surface area (Å²) in [5, 5.41) is 0. The van der Waals surface area contributed by atoms with Crippen LogP contribution in [0.1, 0.15) is 174 Å². The van der Waals surface area contributed by atoms with Crippen LogP contribution in [0.25, 0.3) is 0 Å². The molecular weight excluding hydrogens is 709 g/mol. The van der Waals surface area contributed by atoms with Crippen molar-refractivity contribution in [2.24, 2.45) is 5.73 Å². The third kappa shape index (κ3) is 42.9. The summed E-state index contributed by atoms with van der Waals surface area (Å²) in [5.41, 5.74) is 5.37. The summed E-state index contributed by atoms with van der Waals surface area (Å²) in [6.07, 6.45) is 53.4. The molecule has 0 aliphatic carbocycles. The van der Waals surface area contributed by atoms with Gasteiger partial charge in [-0.2, -0.15) is 0 Å². The van der Waals surface area contributed by atoms with Crippen molar-refractivity contribution in [1.29, 1.82) is 0 Å². The highest BCUT2D eigenvalue weighted by molar-refractivity contribution is 7.47. The van der Waals surface area contributed by atoms with Crippen LogP contribution in [0.15, 0.2) is 72.9 Å². The van der Waals surface area contributed by atoms with Crippen molar-refractivity contribution in [3.8, 4) is 0 Å². The third-order valence-corrected chi connectivity index (χ3v) is 9.84. The Morgan fingerprint density at radius 2 is 1.02 bits per heavy atom. The average molecular weight is 792 g/mol. The molecule has 0 spiro atoms. The molecule has 55 heavy (non-hydrogen) atoms. The van der Waals surface area contributed by atoms with Gasteiger partial charge in [0.25, 0.3) is 0 Å². The second-order valence-corrected chi connectivity index (χ2v) is 15.6. The molecule has 0 aromatic carbocycles. The first-order chi connectivity index (χ1) is 26.9. The van der Waals surface area contributed by atoms with Crippen molar-refractivity contribution in [2.75, 3.05) is 33.0 Å². The van der Waals surface area contributed by atoms with E-state index in [-0.39, 0.29) is 32.3 Å². The van der Waals surface area contributed by atoms with E-state index in [4.69, 9.17) is 24.3 Å². The molecule has 0 heterocycles. The Bertz CT molecular complexity index is 1070. The highest BCUT2D eigenvalue weighted by Crippen LogP contribution is 2.43. The van der Waals surface area contributed by atoms with Crippen LogP contribution in [0.4, 0.5) is 0 Å². The quantitative estimate of drug-likeness (QED) is 0.0272. The fraction of sp³-hybridized carbons (Fsp3) is 0.717. The second kappa shape index (κ2) is 43.1. The Morgan fingerprint density at radius 3 is 1.53 bits per heavy atom. The molecule has 3 N–H and O–H groups in total. The molecule has 0 amide bonds. The SMILES string of the molecule is CC/C=C\C/C=C\C/C=C\C/C=C\CCCCCCCCC(=O)OC(COCCCCCCCC/C=C\C/C=C\CCCCCC)COP(=O)(O)OCCN. The standard InChI is InChI=1S/C46H82NO7P/c1-3-5-7-9-11-13-15-17-19-21-22-23-25-27-29-31-33-35-37-39-46(48)54-45(44-53-55(49,50)52-42-40-47)43-51-41-38-36-34-32-30-28-26-24-20-18-16-14-12-10-8-6-4-2/h5,7,11,13-14,16-17,19-20,22-24,45H,3-4,6,8-10,12,15,18,21,25-44,47H2,1-2H3,(H,49,50)/b7-5-,13-11-,16-14-,19-17-,23-22-,24-20-. The van der Waals surface area contributed by atoms with Gasteiger partial charge in [-0.1, -0.05) is 157 Å². The van der Waals surface area contributed by atoms with Crippen LogP contribution in [0, 0.1) is 0 Å². The number of esters is 1. The minimum Gasteiger partial charge on any atom is -0.457 e. The summed E-state index contributed by atoms with van der Waals surface area (Å²) < 4.78 is 33.4. The van der Waals surface area contributed by atoms with Crippen LogP contribution in [0.5, 0.6) is 0 Å². The minimum absolute atomic E-state index is 0.0922. The van der Waals surface area contributed by atoms with Crippen molar-refractivity contribution in [3.05, 3.63) is 72.9 Å². The number of unbranched alkanes of at least 4 members (excludes halogenated alkanes) is 16. The topological polar surface area (TPSA) is 117 Å². The van der Waals surface area contributed by atoms with Crippen LogP contribution < -0.4 is 5.73 Å². The Hall–Kier alpha value is -2.06. The fourth-order valence-corrected chi connectivity index (χ4v) is 6.43. The average Bonchev–Trinajstić information content (AvgIpc) is 3.17. The number of phosphoric acid groups is 1. The zero-order valence-corrected chi connectivity index (χ0v) is 36.0. The first kappa shape index (κ1) is 52.9. The van der Waals surface area contributed by atoms with Gasteiger partial charge in [0.15, 0.2) is 0 Å². The van der Waals surface area contributed by atoms with E-state index in [1.807, 2.05) is 0 Å². The lowest BCUT2D eigenvalue weighted by atomic mass is 10.1. The Kier molecular flexibility index (Phi) is 41.5. The van der Waals surface area contributed by atoms with Gasteiger partial charge in [0.05, 0.1) is 19.8 Å². The number of nitrogens with two attached hydrogens (primary N) is 1. The number of ether oxygens (including phenoxy) is 2. The Morgan fingerprint density at radius 1 is 0.564 bits per heavy atom. The first-order valence-corrected chi connectivity index (χ1v) is 23.4. The van der Waals surface area contributed by atoms with Crippen molar-refractivity contribution < 1.29 is 32.8 Å². The predicted octanol–water partition coefficient (Wildman–Crippen LogP) is 13.1. The van der Waals surface area contributed by atoms with Gasteiger partial charge in [0.1, 0.15) is 6.10 Å². The van der Waals surface area contributed by atoms with Gasteiger partial charge < -0.3 is 20.1 Å². The van der Waals surface area contributed by atoms with Gasteiger partial charge in [-0.3, -0.25) is 13.8 Å². The normalized spacial score (nSPS) is 14.2. The molecule has 0 bridgehead atoms. The highest BCUT2D eigenvalue weighted by Gasteiger charge is 2.25. The van der Waals surface area contributed by atoms with Crippen LogP contribution in [0.2, 0.25) is 0 Å². The summed E-state index contributed by atoms with van der Waals surface area (Å²) in [7, 11) is -4.29. The van der Waals surface area contributed by atoms with E-state index in [2.05, 4.69) is 86.8 Å². The summed E-state index contributed by atoms with van der Waals surface area (Å²) in [6.45, 7) is 4.74. The van der Waals surface area contributed by atoms with E-state index >= 15 is 0 Å². The van der Waals surface area contributed by atoms with Crippen molar-refractivity contribution in [3.63, 3.8) is 0 Å². The zero-order chi connectivity index (χ0) is 40.2. The highest BCUT2D eigenvalue weighted by atomic mass is 31.2. The molecule has 0 aliphatic rings. The van der Waals surface area contributed by atoms with Gasteiger partial charge in [0.2, 0.25) is 0 Å². The van der Waals surface area contributed by atoms with Gasteiger partial charge in [0, 0.05) is 19.6 Å². The monoisotopic (exact) mass is 792 g/mol. The van der Waals surface area contributed by atoms with E-state index in [1.165, 1.54) is 64.2 Å². The van der Waals surface area contributed by atoms with E-state index in [9.17, 15) is 14.3 Å². The van der Waals surface area contributed by atoms with E-state index in [0.29, 0.717) is 13.0 Å². The molecule has 0 aromatic heterocycles. The van der Waals surface area contributed by atoms with Crippen LogP contribution in [-0.4, -0.2) is 49.9 Å². The first-order valence-electron chi connectivity index (χ1n) is 21.9. The lowest BCUT2D eigenvalue weighted by Gasteiger charge is -2.20. The molecule has 0 saturated carbocycles. The maximum Gasteiger partial charge on any atom is 0.472 e. The number of phosphoric ester groups is 1. The van der Waals surface area contributed by atoms with E-state index in [0.717, 1.165) is 89.9 Å². The van der Waals surface area contributed by atoms with Gasteiger partial charge in [-0.05, 0) is 83.5 Å². The smallest absolute Gasteiger partial charge is 0.457 e. The summed E-state index contributed by atoms with van der Waals surface area (Å²) in [5.74, 6) is -0.351. The molecule has 0 rings (SSSR count). The lowest BCUT2D eigenvalue weighted by molar-refractivity contribution is -0.154. The molecule has 318 valence electrons. The van der Waals surface area contributed by atoms with Crippen molar-refractivity contribution in [1.82, 2.24) is 0 Å². The molecule has 9 heteroatoms. The number of carbonyl (C=O) groups excluding carboxylic acids is 1. The maximum atomic E-state index is 12.6. The van der Waals surface area contributed by atoms with Crippen LogP contribution in [0.3, 0.4) is 0 Å². The third-order valence-electron chi connectivity index (χ3n) is 8.86. The zero-order valence-electron chi connectivity index (χ0n) is 35.1. The van der Waals surface area contributed by atoms with Crippen molar-refractivity contribution in [2.45, 2.75) is 180 Å². The van der Waals surface area contributed by atoms with Crippen LogP contribution in [-0.2, 0) is 27.9 Å². The Balaban J connectivity index is 4.10.